The van der Waals surface area contributed by atoms with Crippen molar-refractivity contribution in [1.29, 1.82) is 0 Å². The van der Waals surface area contributed by atoms with E-state index in [-0.39, 0.29) is 17.9 Å². The van der Waals surface area contributed by atoms with Crippen molar-refractivity contribution in [2.24, 2.45) is 0 Å². The van der Waals surface area contributed by atoms with E-state index in [1.165, 1.54) is 13.1 Å². The largest absolute Gasteiger partial charge is 0.502 e. The average Bonchev–Trinajstić information content (AvgIpc) is 2.37. The second-order valence-corrected chi connectivity index (χ2v) is 5.79. The number of hydrogen-bond acceptors (Lipinski definition) is 6. The zero-order valence-electron chi connectivity index (χ0n) is 10.5. The highest BCUT2D eigenvalue weighted by atomic mass is 32.2. The Kier molecular flexibility index (Phi) is 5.00. The highest BCUT2D eigenvalue weighted by Gasteiger charge is 2.16. The molecule has 0 aliphatic carbocycles. The van der Waals surface area contributed by atoms with Gasteiger partial charge >= 0.3 is 5.69 Å². The quantitative estimate of drug-likeness (QED) is 0.482. The number of phenolic OH excluding ortho intramolecular Hbond substituents is 1. The van der Waals surface area contributed by atoms with Crippen LogP contribution in [0.2, 0.25) is 0 Å². The van der Waals surface area contributed by atoms with Crippen molar-refractivity contribution in [3.05, 3.63) is 33.9 Å². The first-order chi connectivity index (χ1) is 9.26. The molecular weight excluding hydrogens is 290 g/mol. The number of benzene rings is 1. The Balaban J connectivity index is 2.70. The lowest BCUT2D eigenvalue weighted by Crippen LogP contribution is -2.32. The number of carbonyl (C=O) groups excluding carboxylic acids is 1. The van der Waals surface area contributed by atoms with Crippen LogP contribution in [0.4, 0.5) is 5.69 Å². The lowest BCUT2D eigenvalue weighted by atomic mass is 10.2. The van der Waals surface area contributed by atoms with Crippen molar-refractivity contribution in [1.82, 2.24) is 10.0 Å². The molecule has 10 heteroatoms. The molecule has 20 heavy (non-hydrogen) atoms. The van der Waals surface area contributed by atoms with Crippen molar-refractivity contribution in [2.45, 2.75) is 0 Å². The van der Waals surface area contributed by atoms with Gasteiger partial charge in [0.15, 0.2) is 5.75 Å². The van der Waals surface area contributed by atoms with Gasteiger partial charge in [-0.1, -0.05) is 0 Å². The Bertz CT molecular complexity index is 628. The zero-order valence-corrected chi connectivity index (χ0v) is 11.3. The molecule has 1 aromatic carbocycles. The van der Waals surface area contributed by atoms with Crippen LogP contribution < -0.4 is 10.0 Å². The Labute approximate surface area is 114 Å². The Morgan fingerprint density at radius 3 is 2.60 bits per heavy atom. The molecule has 9 nitrogen and oxygen atoms in total. The number of amides is 1. The fourth-order valence-electron chi connectivity index (χ4n) is 1.32. The summed E-state index contributed by atoms with van der Waals surface area (Å²) in [6.45, 7) is -0.125. The fourth-order valence-corrected chi connectivity index (χ4v) is 1.90. The van der Waals surface area contributed by atoms with Gasteiger partial charge in [-0.05, 0) is 19.2 Å². The second kappa shape index (κ2) is 6.30. The molecule has 0 atom stereocenters. The summed E-state index contributed by atoms with van der Waals surface area (Å²) < 4.78 is 24.3. The number of nitrogens with zero attached hydrogens (tertiary/aromatic N) is 1. The molecule has 0 saturated carbocycles. The topological polar surface area (TPSA) is 139 Å². The maximum atomic E-state index is 11.6. The van der Waals surface area contributed by atoms with Crippen molar-refractivity contribution < 1.29 is 23.2 Å². The number of carbonyl (C=O) groups is 1. The molecule has 0 radical (unpaired) electrons. The first kappa shape index (κ1) is 15.9. The molecule has 0 aliphatic rings. The summed E-state index contributed by atoms with van der Waals surface area (Å²) >= 11 is 0. The van der Waals surface area contributed by atoms with Gasteiger partial charge in [-0.2, -0.15) is 0 Å². The van der Waals surface area contributed by atoms with Crippen LogP contribution >= 0.6 is 0 Å². The highest BCUT2D eigenvalue weighted by molar-refractivity contribution is 7.89. The smallest absolute Gasteiger partial charge is 0.310 e. The van der Waals surface area contributed by atoms with Gasteiger partial charge in [0.25, 0.3) is 5.91 Å². The number of nitro groups is 1. The summed E-state index contributed by atoms with van der Waals surface area (Å²) in [4.78, 5) is 21.4. The van der Waals surface area contributed by atoms with Crippen LogP contribution in [-0.2, 0) is 10.0 Å². The van der Waals surface area contributed by atoms with Crippen LogP contribution in [0.3, 0.4) is 0 Å². The van der Waals surface area contributed by atoms with Gasteiger partial charge in [-0.3, -0.25) is 14.9 Å². The molecule has 0 saturated heterocycles. The van der Waals surface area contributed by atoms with E-state index in [1.807, 2.05) is 0 Å². The van der Waals surface area contributed by atoms with E-state index >= 15 is 0 Å². The molecule has 0 spiro atoms. The second-order valence-electron chi connectivity index (χ2n) is 3.74. The van der Waals surface area contributed by atoms with Crippen LogP contribution in [0.5, 0.6) is 5.75 Å². The SMILES string of the molecule is CNS(=O)(=O)CCNC(=O)c1ccc([N+](=O)[O-])c(O)c1. The monoisotopic (exact) mass is 303 g/mol. The standard InChI is InChI=1S/C10H13N3O6S/c1-11-20(18,19)5-4-12-10(15)7-2-3-8(13(16)17)9(14)6-7/h2-3,6,11,14H,4-5H2,1H3,(H,12,15). The summed E-state index contributed by atoms with van der Waals surface area (Å²) in [6.07, 6.45) is 0. The lowest BCUT2D eigenvalue weighted by Gasteiger charge is -2.06. The molecule has 0 fully saturated rings. The number of hydrogen-bond donors (Lipinski definition) is 3. The number of nitro benzene ring substituents is 1. The minimum atomic E-state index is -3.43. The predicted molar refractivity (Wildman–Crippen MR) is 69.9 cm³/mol. The first-order valence-electron chi connectivity index (χ1n) is 5.43. The molecule has 1 amide bonds. The number of nitrogens with one attached hydrogen (secondary N) is 2. The molecule has 0 aliphatic heterocycles. The Morgan fingerprint density at radius 2 is 2.10 bits per heavy atom. The maximum absolute atomic E-state index is 11.6. The van der Waals surface area contributed by atoms with Crippen LogP contribution in [0, 0.1) is 10.1 Å². The van der Waals surface area contributed by atoms with Crippen molar-refractivity contribution in [3.8, 4) is 5.75 Å². The Hall–Kier alpha value is -2.20. The Morgan fingerprint density at radius 1 is 1.45 bits per heavy atom. The minimum Gasteiger partial charge on any atom is -0.502 e. The molecule has 110 valence electrons. The molecular formula is C10H13N3O6S. The molecule has 1 rings (SSSR count). The summed E-state index contributed by atoms with van der Waals surface area (Å²) in [7, 11) is -2.17. The van der Waals surface area contributed by atoms with Crippen molar-refractivity contribution in [3.63, 3.8) is 0 Å². The van der Waals surface area contributed by atoms with E-state index in [4.69, 9.17) is 0 Å². The zero-order chi connectivity index (χ0) is 15.3. The average molecular weight is 303 g/mol. The van der Waals surface area contributed by atoms with Crippen LogP contribution in [0.15, 0.2) is 18.2 Å². The summed E-state index contributed by atoms with van der Waals surface area (Å²) in [5.74, 6) is -1.57. The third kappa shape index (κ3) is 4.17. The molecule has 3 N–H and O–H groups in total. The van der Waals surface area contributed by atoms with E-state index in [9.17, 15) is 28.4 Å². The highest BCUT2D eigenvalue weighted by Crippen LogP contribution is 2.26. The van der Waals surface area contributed by atoms with Gasteiger partial charge in [-0.15, -0.1) is 0 Å². The third-order valence-corrected chi connectivity index (χ3v) is 3.77. The summed E-state index contributed by atoms with van der Waals surface area (Å²) in [5.41, 5.74) is -0.519. The predicted octanol–water partition coefficient (Wildman–Crippen LogP) is -0.421. The number of aromatic hydroxyl groups is 1. The molecule has 0 bridgehead atoms. The third-order valence-electron chi connectivity index (χ3n) is 2.40. The van der Waals surface area contributed by atoms with Gasteiger partial charge in [-0.25, -0.2) is 13.1 Å². The van der Waals surface area contributed by atoms with Crippen LogP contribution in [0.25, 0.3) is 0 Å². The maximum Gasteiger partial charge on any atom is 0.310 e. The van der Waals surface area contributed by atoms with E-state index in [0.29, 0.717) is 0 Å². The van der Waals surface area contributed by atoms with Gasteiger partial charge in [0, 0.05) is 18.2 Å². The lowest BCUT2D eigenvalue weighted by molar-refractivity contribution is -0.385. The summed E-state index contributed by atoms with van der Waals surface area (Å²) in [5, 5.41) is 22.2. The normalized spacial score (nSPS) is 11.1. The van der Waals surface area contributed by atoms with Gasteiger partial charge in [0.2, 0.25) is 10.0 Å². The first-order valence-corrected chi connectivity index (χ1v) is 7.09. The number of rotatable bonds is 6. The van der Waals surface area contributed by atoms with Gasteiger partial charge in [0.1, 0.15) is 0 Å². The van der Waals surface area contributed by atoms with Crippen molar-refractivity contribution in [2.75, 3.05) is 19.3 Å². The summed E-state index contributed by atoms with van der Waals surface area (Å²) in [6, 6.07) is 3.11. The molecule has 1 aromatic rings. The fraction of sp³-hybridized carbons (Fsp3) is 0.300. The minimum absolute atomic E-state index is 0.00467. The molecule has 0 unspecified atom stereocenters. The molecule has 0 aromatic heterocycles. The van der Waals surface area contributed by atoms with E-state index in [1.54, 1.807) is 0 Å². The van der Waals surface area contributed by atoms with Gasteiger partial charge in [0.05, 0.1) is 10.7 Å². The number of sulfonamides is 1. The van der Waals surface area contributed by atoms with E-state index in [0.717, 1.165) is 12.1 Å². The van der Waals surface area contributed by atoms with Crippen LogP contribution in [-0.4, -0.2) is 43.7 Å². The molecule has 0 heterocycles. The van der Waals surface area contributed by atoms with Crippen LogP contribution in [0.1, 0.15) is 10.4 Å². The van der Waals surface area contributed by atoms with Crippen molar-refractivity contribution >= 4 is 21.6 Å². The van der Waals surface area contributed by atoms with E-state index < -0.39 is 32.3 Å². The van der Waals surface area contributed by atoms with Gasteiger partial charge < -0.3 is 10.4 Å². The van der Waals surface area contributed by atoms with E-state index in [2.05, 4.69) is 10.0 Å². The number of phenols is 1.